The zero-order chi connectivity index (χ0) is 16.4. The van der Waals surface area contributed by atoms with Crippen LogP contribution in [0.1, 0.15) is 24.0 Å². The van der Waals surface area contributed by atoms with Crippen LogP contribution in [0.3, 0.4) is 0 Å². The average molecular weight is 307 g/mol. The predicted octanol–water partition coefficient (Wildman–Crippen LogP) is 4.25. The van der Waals surface area contributed by atoms with Gasteiger partial charge >= 0.3 is 0 Å². The minimum absolute atomic E-state index is 0.511. The van der Waals surface area contributed by atoms with E-state index in [-0.39, 0.29) is 0 Å². The zero-order valence-corrected chi connectivity index (χ0v) is 13.1. The lowest BCUT2D eigenvalue weighted by Crippen LogP contribution is -1.99. The van der Waals surface area contributed by atoms with Crippen molar-refractivity contribution in [3.63, 3.8) is 0 Å². The van der Waals surface area contributed by atoms with Gasteiger partial charge in [0.2, 0.25) is 0 Å². The van der Waals surface area contributed by atoms with Crippen LogP contribution in [0, 0.1) is 18.6 Å². The van der Waals surface area contributed by atoms with Crippen LogP contribution in [0.15, 0.2) is 42.5 Å². The quantitative estimate of drug-likeness (QED) is 0.838. The van der Waals surface area contributed by atoms with Crippen molar-refractivity contribution in [1.82, 2.24) is 0 Å². The lowest BCUT2D eigenvalue weighted by atomic mass is 10.1. The highest BCUT2D eigenvalue weighted by Crippen LogP contribution is 2.11. The predicted molar refractivity (Wildman–Crippen MR) is 86.1 cm³/mol. The van der Waals surface area contributed by atoms with Crippen LogP contribution in [-0.4, -0.2) is 13.7 Å². The highest BCUT2D eigenvalue weighted by molar-refractivity contribution is 5.27. The lowest BCUT2D eigenvalue weighted by molar-refractivity contribution is 0.414. The zero-order valence-electron chi connectivity index (χ0n) is 13.1. The van der Waals surface area contributed by atoms with Gasteiger partial charge in [0, 0.05) is 6.07 Å². The number of ether oxygens (including phenoxy) is 1. The maximum atomic E-state index is 12.7. The van der Waals surface area contributed by atoms with Gasteiger partial charge in [0.1, 0.15) is 17.4 Å². The molecule has 2 aromatic rings. The second-order valence-corrected chi connectivity index (χ2v) is 5.04. The number of hydrogen-bond donors (Lipinski definition) is 1. The first-order valence-corrected chi connectivity index (χ1v) is 7.31. The molecule has 2 nitrogen and oxygen atoms in total. The van der Waals surface area contributed by atoms with Crippen molar-refractivity contribution in [2.75, 3.05) is 13.7 Å². The van der Waals surface area contributed by atoms with Crippen LogP contribution in [0.2, 0.25) is 0 Å². The smallest absolute Gasteiger partial charge is 0.126 e. The van der Waals surface area contributed by atoms with E-state index in [9.17, 15) is 8.78 Å². The third-order valence-corrected chi connectivity index (χ3v) is 3.07. The standard InChI is InChI=1S/C10H13F2N.C8H10O/c11-9-5-8(3-1-2-4-13)6-10(12)7-9;1-7-4-3-5-8(6-7)9-2/h5-7H,1-4,13H2;3-6H,1-2H3. The molecule has 0 radical (unpaired) electrons. The van der Waals surface area contributed by atoms with E-state index in [1.54, 1.807) is 7.11 Å². The Kier molecular flexibility index (Phi) is 8.15. The Morgan fingerprint density at radius 1 is 1.00 bits per heavy atom. The Balaban J connectivity index is 0.000000235. The van der Waals surface area contributed by atoms with Crippen LogP contribution >= 0.6 is 0 Å². The Bertz CT molecular complexity index is 553. The summed E-state index contributed by atoms with van der Waals surface area (Å²) in [5.41, 5.74) is 7.24. The normalized spacial score (nSPS) is 9.86. The van der Waals surface area contributed by atoms with Gasteiger partial charge in [-0.15, -0.1) is 0 Å². The number of aryl methyl sites for hydroxylation is 2. The molecule has 0 aliphatic rings. The van der Waals surface area contributed by atoms with Crippen LogP contribution in [0.4, 0.5) is 8.78 Å². The van der Waals surface area contributed by atoms with E-state index in [2.05, 4.69) is 0 Å². The van der Waals surface area contributed by atoms with Crippen molar-refractivity contribution in [1.29, 1.82) is 0 Å². The first kappa shape index (κ1) is 18.1. The number of hydrogen-bond acceptors (Lipinski definition) is 2. The first-order valence-electron chi connectivity index (χ1n) is 7.31. The minimum atomic E-state index is -0.511. The second kappa shape index (κ2) is 9.90. The molecule has 0 aliphatic heterocycles. The van der Waals surface area contributed by atoms with E-state index >= 15 is 0 Å². The second-order valence-electron chi connectivity index (χ2n) is 5.04. The summed E-state index contributed by atoms with van der Waals surface area (Å²) in [6.45, 7) is 2.67. The molecular formula is C18H23F2NO. The number of rotatable bonds is 5. The number of benzene rings is 2. The Morgan fingerprint density at radius 2 is 1.68 bits per heavy atom. The van der Waals surface area contributed by atoms with E-state index in [1.165, 1.54) is 17.7 Å². The fourth-order valence-electron chi connectivity index (χ4n) is 1.97. The Morgan fingerprint density at radius 3 is 2.18 bits per heavy atom. The number of halogens is 2. The fourth-order valence-corrected chi connectivity index (χ4v) is 1.97. The summed E-state index contributed by atoms with van der Waals surface area (Å²) in [6.07, 6.45) is 2.45. The van der Waals surface area contributed by atoms with Gasteiger partial charge < -0.3 is 10.5 Å². The Labute approximate surface area is 130 Å². The summed E-state index contributed by atoms with van der Waals surface area (Å²) in [4.78, 5) is 0. The van der Waals surface area contributed by atoms with E-state index < -0.39 is 11.6 Å². The van der Waals surface area contributed by atoms with Crippen molar-refractivity contribution in [2.45, 2.75) is 26.2 Å². The fraction of sp³-hybridized carbons (Fsp3) is 0.333. The van der Waals surface area contributed by atoms with E-state index in [1.807, 2.05) is 31.2 Å². The molecule has 0 aromatic heterocycles. The third-order valence-electron chi connectivity index (χ3n) is 3.07. The molecule has 22 heavy (non-hydrogen) atoms. The molecule has 0 saturated carbocycles. The molecule has 0 spiro atoms. The molecule has 0 bridgehead atoms. The third kappa shape index (κ3) is 7.18. The average Bonchev–Trinajstić information content (AvgIpc) is 2.47. The van der Waals surface area contributed by atoms with Crippen LogP contribution in [0.5, 0.6) is 5.75 Å². The molecule has 2 rings (SSSR count). The minimum Gasteiger partial charge on any atom is -0.497 e. The number of nitrogens with two attached hydrogens (primary N) is 1. The van der Waals surface area contributed by atoms with Gasteiger partial charge in [-0.05, 0) is 68.1 Å². The lowest BCUT2D eigenvalue weighted by Gasteiger charge is -2.00. The molecule has 0 amide bonds. The highest BCUT2D eigenvalue weighted by Gasteiger charge is 1.99. The van der Waals surface area contributed by atoms with Crippen molar-refractivity contribution >= 4 is 0 Å². The monoisotopic (exact) mass is 307 g/mol. The topological polar surface area (TPSA) is 35.2 Å². The van der Waals surface area contributed by atoms with Crippen LogP contribution in [-0.2, 0) is 6.42 Å². The van der Waals surface area contributed by atoms with E-state index in [0.717, 1.165) is 24.7 Å². The molecule has 2 aromatic carbocycles. The van der Waals surface area contributed by atoms with Crippen molar-refractivity contribution in [2.24, 2.45) is 5.73 Å². The maximum absolute atomic E-state index is 12.7. The van der Waals surface area contributed by atoms with Crippen molar-refractivity contribution in [3.05, 3.63) is 65.2 Å². The maximum Gasteiger partial charge on any atom is 0.126 e. The number of unbranched alkanes of at least 4 members (excludes halogenated alkanes) is 1. The van der Waals surface area contributed by atoms with E-state index in [0.29, 0.717) is 18.5 Å². The van der Waals surface area contributed by atoms with Crippen LogP contribution < -0.4 is 10.5 Å². The molecular weight excluding hydrogens is 284 g/mol. The van der Waals surface area contributed by atoms with E-state index in [4.69, 9.17) is 10.5 Å². The van der Waals surface area contributed by atoms with Crippen LogP contribution in [0.25, 0.3) is 0 Å². The van der Waals surface area contributed by atoms with Gasteiger partial charge in [0.05, 0.1) is 7.11 Å². The number of methoxy groups -OCH3 is 1. The Hall–Kier alpha value is -1.94. The molecule has 0 fully saturated rings. The van der Waals surface area contributed by atoms with Gasteiger partial charge in [0.15, 0.2) is 0 Å². The summed E-state index contributed by atoms with van der Waals surface area (Å²) < 4.78 is 30.3. The summed E-state index contributed by atoms with van der Waals surface area (Å²) in [5, 5.41) is 0. The summed E-state index contributed by atoms with van der Waals surface area (Å²) in [7, 11) is 1.68. The van der Waals surface area contributed by atoms with Gasteiger partial charge in [-0.25, -0.2) is 8.78 Å². The van der Waals surface area contributed by atoms with Gasteiger partial charge in [-0.3, -0.25) is 0 Å². The highest BCUT2D eigenvalue weighted by atomic mass is 19.1. The summed E-state index contributed by atoms with van der Waals surface area (Å²) >= 11 is 0. The summed E-state index contributed by atoms with van der Waals surface area (Å²) in [5.74, 6) is -0.0968. The molecule has 2 N–H and O–H groups in total. The first-order chi connectivity index (χ1) is 10.5. The van der Waals surface area contributed by atoms with Gasteiger partial charge in [-0.2, -0.15) is 0 Å². The van der Waals surface area contributed by atoms with Crippen molar-refractivity contribution in [3.8, 4) is 5.75 Å². The largest absolute Gasteiger partial charge is 0.497 e. The summed E-state index contributed by atoms with van der Waals surface area (Å²) in [6, 6.07) is 11.6. The molecule has 0 atom stereocenters. The molecule has 120 valence electrons. The SMILES string of the molecule is COc1cccc(C)c1.NCCCCc1cc(F)cc(F)c1. The molecule has 0 heterocycles. The van der Waals surface area contributed by atoms with Gasteiger partial charge in [-0.1, -0.05) is 12.1 Å². The molecule has 4 heteroatoms. The molecule has 0 aliphatic carbocycles. The van der Waals surface area contributed by atoms with Crippen molar-refractivity contribution < 1.29 is 13.5 Å². The van der Waals surface area contributed by atoms with Gasteiger partial charge in [0.25, 0.3) is 0 Å². The molecule has 0 unspecified atom stereocenters. The molecule has 0 saturated heterocycles.